The van der Waals surface area contributed by atoms with Crippen molar-refractivity contribution in [1.29, 1.82) is 0 Å². The highest BCUT2D eigenvalue weighted by atomic mass is 16.3. The lowest BCUT2D eigenvalue weighted by molar-refractivity contribution is 0.577. The van der Waals surface area contributed by atoms with Crippen LogP contribution in [0.2, 0.25) is 0 Å². The van der Waals surface area contributed by atoms with Crippen LogP contribution in [0.5, 0.6) is 0 Å². The third-order valence-electron chi connectivity index (χ3n) is 4.04. The van der Waals surface area contributed by atoms with Crippen molar-refractivity contribution in [3.63, 3.8) is 0 Å². The Bertz CT molecular complexity index is 877. The maximum Gasteiger partial charge on any atom is 0.182 e. The standard InChI is InChI=1S/C17H13NO2/c1-9-13-5-3-12(19)8-16(13)20-17-14-4-2-11(18)6-10(14)7-15(9)17/h2-6,8H,7,18H2,1H3. The largest absolute Gasteiger partial charge is 0.456 e. The summed E-state index contributed by atoms with van der Waals surface area (Å²) in [5.41, 5.74) is 12.2. The van der Waals surface area contributed by atoms with Crippen LogP contribution in [0.3, 0.4) is 0 Å². The SMILES string of the molecule is Cc1c2ccc(=O)cc-2oc2c1Cc1cc(N)ccc1-2. The van der Waals surface area contributed by atoms with Crippen LogP contribution in [0.4, 0.5) is 5.69 Å². The van der Waals surface area contributed by atoms with Crippen LogP contribution in [0.15, 0.2) is 45.6 Å². The lowest BCUT2D eigenvalue weighted by atomic mass is 9.99. The first-order valence-electron chi connectivity index (χ1n) is 6.58. The van der Waals surface area contributed by atoms with Crippen LogP contribution < -0.4 is 11.2 Å². The van der Waals surface area contributed by atoms with Gasteiger partial charge in [-0.3, -0.25) is 4.79 Å². The molecule has 0 aromatic heterocycles. The molecule has 0 saturated carbocycles. The summed E-state index contributed by atoms with van der Waals surface area (Å²) in [7, 11) is 0. The van der Waals surface area contributed by atoms with Gasteiger partial charge in [-0.15, -0.1) is 0 Å². The Morgan fingerprint density at radius 3 is 2.75 bits per heavy atom. The van der Waals surface area contributed by atoms with Gasteiger partial charge >= 0.3 is 0 Å². The minimum atomic E-state index is -0.0314. The molecule has 3 aliphatic rings. The molecule has 0 radical (unpaired) electrons. The van der Waals surface area contributed by atoms with Gasteiger partial charge < -0.3 is 10.2 Å². The first-order valence-corrected chi connectivity index (χ1v) is 6.58. The van der Waals surface area contributed by atoms with Gasteiger partial charge in [0.05, 0.1) is 0 Å². The molecule has 0 amide bonds. The van der Waals surface area contributed by atoms with E-state index in [9.17, 15) is 4.79 Å². The molecule has 1 aliphatic heterocycles. The molecule has 3 nitrogen and oxygen atoms in total. The normalized spacial score (nSPS) is 12.4. The molecule has 0 atom stereocenters. The fraction of sp³-hybridized carbons (Fsp3) is 0.118. The third kappa shape index (κ3) is 1.43. The molecule has 98 valence electrons. The Kier molecular flexibility index (Phi) is 2.11. The maximum absolute atomic E-state index is 11.5. The second kappa shape index (κ2) is 3.73. The van der Waals surface area contributed by atoms with Gasteiger partial charge in [-0.1, -0.05) is 0 Å². The van der Waals surface area contributed by atoms with Crippen LogP contribution in [0, 0.1) is 6.92 Å². The average molecular weight is 263 g/mol. The number of nitrogens with two attached hydrogens (primary N) is 1. The first kappa shape index (κ1) is 11.3. The minimum absolute atomic E-state index is 0.0314. The van der Waals surface area contributed by atoms with Gasteiger partial charge in [0.2, 0.25) is 0 Å². The van der Waals surface area contributed by atoms with Crippen LogP contribution in [-0.2, 0) is 6.42 Å². The zero-order valence-electron chi connectivity index (χ0n) is 11.1. The maximum atomic E-state index is 11.5. The van der Waals surface area contributed by atoms with Crippen LogP contribution in [-0.4, -0.2) is 0 Å². The molecule has 0 saturated heterocycles. The van der Waals surface area contributed by atoms with E-state index in [1.807, 2.05) is 24.3 Å². The van der Waals surface area contributed by atoms with Crippen molar-refractivity contribution < 1.29 is 4.42 Å². The lowest BCUT2D eigenvalue weighted by Gasteiger charge is -2.12. The predicted molar refractivity (Wildman–Crippen MR) is 79.0 cm³/mol. The Hall–Kier alpha value is -2.55. The van der Waals surface area contributed by atoms with E-state index in [0.29, 0.717) is 5.76 Å². The molecular formula is C17H13NO2. The van der Waals surface area contributed by atoms with Gasteiger partial charge in [-0.2, -0.15) is 0 Å². The quantitative estimate of drug-likeness (QED) is 0.496. The summed E-state index contributed by atoms with van der Waals surface area (Å²) in [6, 6.07) is 10.8. The molecule has 0 unspecified atom stereocenters. The Morgan fingerprint density at radius 2 is 1.90 bits per heavy atom. The topological polar surface area (TPSA) is 56.2 Å². The van der Waals surface area contributed by atoms with Crippen LogP contribution >= 0.6 is 0 Å². The van der Waals surface area contributed by atoms with E-state index in [4.69, 9.17) is 10.2 Å². The monoisotopic (exact) mass is 263 g/mol. The van der Waals surface area contributed by atoms with E-state index in [2.05, 4.69) is 6.92 Å². The van der Waals surface area contributed by atoms with Gasteiger partial charge in [-0.05, 0) is 48.4 Å². The number of anilines is 1. The van der Waals surface area contributed by atoms with Gasteiger partial charge in [0, 0.05) is 34.9 Å². The zero-order valence-corrected chi connectivity index (χ0v) is 11.1. The fourth-order valence-electron chi connectivity index (χ4n) is 3.00. The van der Waals surface area contributed by atoms with Crippen molar-refractivity contribution in [1.82, 2.24) is 0 Å². The molecule has 20 heavy (non-hydrogen) atoms. The molecule has 1 aromatic carbocycles. The summed E-state index contributed by atoms with van der Waals surface area (Å²) >= 11 is 0. The molecule has 2 aliphatic carbocycles. The lowest BCUT2D eigenvalue weighted by Crippen LogP contribution is -2.01. The van der Waals surface area contributed by atoms with Gasteiger partial charge in [0.25, 0.3) is 0 Å². The Balaban J connectivity index is 2.08. The number of hydrogen-bond acceptors (Lipinski definition) is 3. The number of rotatable bonds is 0. The molecule has 2 N–H and O–H groups in total. The molecule has 1 heterocycles. The van der Waals surface area contributed by atoms with E-state index < -0.39 is 0 Å². The Labute approximate surface area is 116 Å². The van der Waals surface area contributed by atoms with Gasteiger partial charge in [-0.25, -0.2) is 0 Å². The highest BCUT2D eigenvalue weighted by molar-refractivity contribution is 5.79. The summed E-state index contributed by atoms with van der Waals surface area (Å²) in [5.74, 6) is 1.52. The van der Waals surface area contributed by atoms with Crippen LogP contribution in [0.25, 0.3) is 22.6 Å². The highest BCUT2D eigenvalue weighted by Gasteiger charge is 2.26. The minimum Gasteiger partial charge on any atom is -0.456 e. The van der Waals surface area contributed by atoms with E-state index in [1.54, 1.807) is 12.1 Å². The van der Waals surface area contributed by atoms with Crippen LogP contribution in [0.1, 0.15) is 16.7 Å². The highest BCUT2D eigenvalue weighted by Crippen LogP contribution is 2.43. The molecule has 4 rings (SSSR count). The van der Waals surface area contributed by atoms with Crippen molar-refractivity contribution in [2.24, 2.45) is 0 Å². The van der Waals surface area contributed by atoms with E-state index in [-0.39, 0.29) is 5.43 Å². The summed E-state index contributed by atoms with van der Waals surface area (Å²) in [4.78, 5) is 11.5. The van der Waals surface area contributed by atoms with E-state index >= 15 is 0 Å². The second-order valence-corrected chi connectivity index (χ2v) is 5.29. The van der Waals surface area contributed by atoms with Crippen molar-refractivity contribution in [3.05, 3.63) is 63.3 Å². The van der Waals surface area contributed by atoms with Gasteiger partial charge in [0.15, 0.2) is 5.43 Å². The molecule has 0 fully saturated rings. The van der Waals surface area contributed by atoms with E-state index in [1.165, 1.54) is 16.7 Å². The molecular weight excluding hydrogens is 250 g/mol. The summed E-state index contributed by atoms with van der Waals surface area (Å²) in [6.45, 7) is 2.08. The molecule has 0 bridgehead atoms. The predicted octanol–water partition coefficient (Wildman–Crippen LogP) is 3.21. The number of fused-ring (bicyclic) bond motifs is 4. The average Bonchev–Trinajstić information content (AvgIpc) is 2.76. The van der Waals surface area contributed by atoms with Crippen molar-refractivity contribution in [2.45, 2.75) is 13.3 Å². The first-order chi connectivity index (χ1) is 9.63. The van der Waals surface area contributed by atoms with Gasteiger partial charge in [0.1, 0.15) is 11.5 Å². The van der Waals surface area contributed by atoms with Crippen molar-refractivity contribution >= 4 is 5.69 Å². The van der Waals surface area contributed by atoms with Crippen molar-refractivity contribution in [3.8, 4) is 22.6 Å². The molecule has 3 heteroatoms. The summed E-state index contributed by atoms with van der Waals surface area (Å²) < 4.78 is 5.99. The number of benzene rings is 2. The van der Waals surface area contributed by atoms with E-state index in [0.717, 1.165) is 29.0 Å². The Morgan fingerprint density at radius 1 is 1.10 bits per heavy atom. The number of hydrogen-bond donors (Lipinski definition) is 1. The smallest absolute Gasteiger partial charge is 0.182 e. The second-order valence-electron chi connectivity index (χ2n) is 5.29. The molecule has 0 spiro atoms. The summed E-state index contributed by atoms with van der Waals surface area (Å²) in [5, 5.41) is 0. The molecule has 1 aromatic rings. The fourth-order valence-corrected chi connectivity index (χ4v) is 3.00. The summed E-state index contributed by atoms with van der Waals surface area (Å²) in [6.07, 6.45) is 0.833. The zero-order chi connectivity index (χ0) is 13.9. The third-order valence-corrected chi connectivity index (χ3v) is 4.04. The van der Waals surface area contributed by atoms with Crippen molar-refractivity contribution in [2.75, 3.05) is 5.73 Å². The number of nitrogen functional groups attached to an aromatic ring is 1.